The van der Waals surface area contributed by atoms with Crippen molar-refractivity contribution in [2.75, 3.05) is 13.1 Å². The van der Waals surface area contributed by atoms with Gasteiger partial charge in [0.05, 0.1) is 5.56 Å². The Hall–Kier alpha value is -5.13. The SMILES string of the molecule is CC(C)C[C@@H]1NC(=O)[C@@H](Cc2ccccc2)NC(=O)c2ccc(cc2)CN(C(=O)c2cccc(F)c2F)CCCCNC(=O)[C@@H](C)NC1=O. The van der Waals surface area contributed by atoms with Gasteiger partial charge in [0.15, 0.2) is 11.6 Å². The lowest BCUT2D eigenvalue weighted by molar-refractivity contribution is -0.132. The van der Waals surface area contributed by atoms with Crippen LogP contribution >= 0.6 is 0 Å². The summed E-state index contributed by atoms with van der Waals surface area (Å²) in [5, 5.41) is 11.1. The fourth-order valence-electron chi connectivity index (χ4n) is 5.52. The molecule has 260 valence electrons. The summed E-state index contributed by atoms with van der Waals surface area (Å²) < 4.78 is 28.6. The molecule has 0 saturated heterocycles. The van der Waals surface area contributed by atoms with Crippen LogP contribution in [-0.2, 0) is 27.3 Å². The molecule has 2 bridgehead atoms. The van der Waals surface area contributed by atoms with E-state index in [9.17, 15) is 32.8 Å². The monoisotopic (exact) mass is 675 g/mol. The quantitative estimate of drug-likeness (QED) is 0.305. The molecule has 0 radical (unpaired) electrons. The Labute approximate surface area is 285 Å². The molecule has 5 amide bonds. The first-order chi connectivity index (χ1) is 23.4. The van der Waals surface area contributed by atoms with Gasteiger partial charge in [0.25, 0.3) is 11.8 Å². The number of carbonyl (C=O) groups is 5. The van der Waals surface area contributed by atoms with Crippen LogP contribution in [0.4, 0.5) is 8.78 Å². The van der Waals surface area contributed by atoms with E-state index in [0.29, 0.717) is 24.8 Å². The zero-order valence-corrected chi connectivity index (χ0v) is 27.9. The number of amides is 5. The van der Waals surface area contributed by atoms with Gasteiger partial charge >= 0.3 is 0 Å². The minimum atomic E-state index is -1.24. The maximum atomic E-state index is 14.6. The molecule has 2 aliphatic rings. The van der Waals surface area contributed by atoms with Crippen LogP contribution in [0.15, 0.2) is 72.8 Å². The summed E-state index contributed by atoms with van der Waals surface area (Å²) in [6, 6.07) is 16.1. The first-order valence-corrected chi connectivity index (χ1v) is 16.5. The van der Waals surface area contributed by atoms with Gasteiger partial charge in [-0.2, -0.15) is 0 Å². The third kappa shape index (κ3) is 10.4. The van der Waals surface area contributed by atoms with Gasteiger partial charge in [-0.25, -0.2) is 8.78 Å². The molecule has 0 fully saturated rings. The van der Waals surface area contributed by atoms with Crippen LogP contribution < -0.4 is 21.3 Å². The summed E-state index contributed by atoms with van der Waals surface area (Å²) in [7, 11) is 0. The summed E-state index contributed by atoms with van der Waals surface area (Å²) >= 11 is 0. The third-order valence-electron chi connectivity index (χ3n) is 8.21. The Morgan fingerprint density at radius 1 is 0.816 bits per heavy atom. The van der Waals surface area contributed by atoms with Crippen molar-refractivity contribution in [2.45, 2.75) is 71.1 Å². The summed E-state index contributed by atoms with van der Waals surface area (Å²) in [5.74, 6) is -5.11. The molecule has 2 heterocycles. The zero-order valence-electron chi connectivity index (χ0n) is 27.9. The van der Waals surface area contributed by atoms with Gasteiger partial charge in [-0.3, -0.25) is 24.0 Å². The Bertz CT molecular complexity index is 1630. The first kappa shape index (κ1) is 36.7. The van der Waals surface area contributed by atoms with Gasteiger partial charge < -0.3 is 26.2 Å². The Kier molecular flexibility index (Phi) is 13.0. The highest BCUT2D eigenvalue weighted by Gasteiger charge is 2.30. The van der Waals surface area contributed by atoms with E-state index in [0.717, 1.165) is 11.6 Å². The fourth-order valence-corrected chi connectivity index (χ4v) is 5.52. The Morgan fingerprint density at radius 2 is 1.51 bits per heavy atom. The van der Waals surface area contributed by atoms with E-state index in [1.54, 1.807) is 24.3 Å². The molecular formula is C37H43F2N5O5. The summed E-state index contributed by atoms with van der Waals surface area (Å²) in [5.41, 5.74) is 1.27. The molecular weight excluding hydrogens is 632 g/mol. The number of hydrogen-bond donors (Lipinski definition) is 4. The maximum Gasteiger partial charge on any atom is 0.257 e. The van der Waals surface area contributed by atoms with E-state index in [-0.39, 0.29) is 37.5 Å². The molecule has 2 aliphatic heterocycles. The highest BCUT2D eigenvalue weighted by atomic mass is 19.2. The van der Waals surface area contributed by atoms with E-state index in [1.165, 1.54) is 24.0 Å². The van der Waals surface area contributed by atoms with Crippen molar-refractivity contribution in [3.05, 3.63) is 107 Å². The minimum Gasteiger partial charge on any atom is -0.354 e. The predicted molar refractivity (Wildman–Crippen MR) is 180 cm³/mol. The summed E-state index contributed by atoms with van der Waals surface area (Å²) in [4.78, 5) is 68.2. The smallest absolute Gasteiger partial charge is 0.257 e. The van der Waals surface area contributed by atoms with Gasteiger partial charge in [0.1, 0.15) is 18.1 Å². The molecule has 0 spiro atoms. The molecule has 0 aromatic heterocycles. The lowest BCUT2D eigenvalue weighted by atomic mass is 10.0. The maximum absolute atomic E-state index is 14.6. The molecule has 4 N–H and O–H groups in total. The molecule has 3 aromatic rings. The average Bonchev–Trinajstić information content (AvgIpc) is 3.07. The third-order valence-corrected chi connectivity index (χ3v) is 8.21. The lowest BCUT2D eigenvalue weighted by Gasteiger charge is -2.25. The average molecular weight is 676 g/mol. The van der Waals surface area contributed by atoms with Gasteiger partial charge in [0, 0.05) is 31.6 Å². The van der Waals surface area contributed by atoms with Crippen molar-refractivity contribution < 1.29 is 32.8 Å². The van der Waals surface area contributed by atoms with Crippen molar-refractivity contribution >= 4 is 29.5 Å². The van der Waals surface area contributed by atoms with Crippen LogP contribution in [0.25, 0.3) is 0 Å². The predicted octanol–water partition coefficient (Wildman–Crippen LogP) is 3.89. The van der Waals surface area contributed by atoms with Crippen molar-refractivity contribution in [1.82, 2.24) is 26.2 Å². The molecule has 49 heavy (non-hydrogen) atoms. The van der Waals surface area contributed by atoms with Crippen LogP contribution in [0.3, 0.4) is 0 Å². The molecule has 0 aliphatic carbocycles. The number of rotatable bonds is 5. The van der Waals surface area contributed by atoms with E-state index in [1.807, 2.05) is 44.2 Å². The Morgan fingerprint density at radius 3 is 2.20 bits per heavy atom. The lowest BCUT2D eigenvalue weighted by Crippen LogP contribution is -2.57. The fraction of sp³-hybridized carbons (Fsp3) is 0.378. The molecule has 0 unspecified atom stereocenters. The number of fused-ring (bicyclic) bond motifs is 18. The van der Waals surface area contributed by atoms with Crippen LogP contribution in [0.2, 0.25) is 0 Å². The highest BCUT2D eigenvalue weighted by Crippen LogP contribution is 2.18. The highest BCUT2D eigenvalue weighted by molar-refractivity contribution is 5.99. The first-order valence-electron chi connectivity index (χ1n) is 16.5. The van der Waals surface area contributed by atoms with Crippen molar-refractivity contribution in [1.29, 1.82) is 0 Å². The molecule has 3 atom stereocenters. The van der Waals surface area contributed by atoms with Crippen molar-refractivity contribution in [2.24, 2.45) is 5.92 Å². The topological polar surface area (TPSA) is 137 Å². The molecule has 0 saturated carbocycles. The van der Waals surface area contributed by atoms with E-state index in [2.05, 4.69) is 21.3 Å². The normalized spacial score (nSPS) is 20.1. The van der Waals surface area contributed by atoms with Crippen molar-refractivity contribution in [3.8, 4) is 0 Å². The summed E-state index contributed by atoms with van der Waals surface area (Å²) in [6.45, 7) is 5.81. The van der Waals surface area contributed by atoms with Gasteiger partial charge in [0.2, 0.25) is 17.7 Å². The second-order valence-electron chi connectivity index (χ2n) is 12.7. The van der Waals surface area contributed by atoms with Crippen LogP contribution in [0.1, 0.15) is 71.9 Å². The summed E-state index contributed by atoms with van der Waals surface area (Å²) in [6.07, 6.45) is 1.33. The van der Waals surface area contributed by atoms with Crippen LogP contribution in [0, 0.1) is 17.6 Å². The minimum absolute atomic E-state index is 0.0270. The van der Waals surface area contributed by atoms with E-state index < -0.39 is 64.9 Å². The van der Waals surface area contributed by atoms with Gasteiger partial charge in [-0.1, -0.05) is 62.4 Å². The molecule has 12 heteroatoms. The number of benzene rings is 3. The second-order valence-corrected chi connectivity index (χ2v) is 12.7. The number of nitrogens with one attached hydrogen (secondary N) is 4. The van der Waals surface area contributed by atoms with Crippen LogP contribution in [0.5, 0.6) is 0 Å². The second kappa shape index (κ2) is 17.3. The standard InChI is InChI=1S/C37H43F2N5O5/c1-23(2)20-30-35(47)41-24(3)33(45)40-18-7-8-19-44(37(49)28-12-9-13-29(38)32(28)39)22-26-14-16-27(17-15-26)34(46)42-31(36(48)43-30)21-25-10-5-4-6-11-25/h4-6,9-17,23-24,30-31H,7-8,18-22H2,1-3H3,(H,40,45)(H,41,47)(H,42,46)(H,43,48)/t24-,30+,31-/m1/s1. The Balaban J connectivity index is 1.64. The van der Waals surface area contributed by atoms with Gasteiger partial charge in [-0.05, 0) is 67.5 Å². The number of halogens is 2. The van der Waals surface area contributed by atoms with Gasteiger partial charge in [-0.15, -0.1) is 0 Å². The van der Waals surface area contributed by atoms with E-state index in [4.69, 9.17) is 0 Å². The van der Waals surface area contributed by atoms with E-state index >= 15 is 0 Å². The van der Waals surface area contributed by atoms with Crippen molar-refractivity contribution in [3.63, 3.8) is 0 Å². The number of carbonyl (C=O) groups excluding carboxylic acids is 5. The number of nitrogens with zero attached hydrogens (tertiary/aromatic N) is 1. The van der Waals surface area contributed by atoms with Crippen LogP contribution in [-0.4, -0.2) is 65.7 Å². The molecule has 10 nitrogen and oxygen atoms in total. The molecule has 3 aromatic carbocycles. The largest absolute Gasteiger partial charge is 0.354 e. The number of hydrogen-bond acceptors (Lipinski definition) is 5. The zero-order chi connectivity index (χ0) is 35.5. The molecule has 5 rings (SSSR count).